The molecule has 2 aromatic carbocycles. The fourth-order valence-electron chi connectivity index (χ4n) is 3.80. The molecule has 1 aliphatic heterocycles. The number of nitrogens with zero attached hydrogens (tertiary/aromatic N) is 4. The number of carbonyl (C=O) groups is 1. The van der Waals surface area contributed by atoms with E-state index in [0.717, 1.165) is 44.1 Å². The van der Waals surface area contributed by atoms with E-state index in [1.54, 1.807) is 0 Å². The number of benzene rings is 2. The Hall–Kier alpha value is -2.44. The van der Waals surface area contributed by atoms with Crippen molar-refractivity contribution >= 4 is 28.4 Å². The largest absolute Gasteiger partial charge is 0.339 e. The van der Waals surface area contributed by atoms with Gasteiger partial charge in [-0.3, -0.25) is 9.69 Å². The Morgan fingerprint density at radius 2 is 1.66 bits per heavy atom. The van der Waals surface area contributed by atoms with E-state index in [0.29, 0.717) is 10.9 Å². The molecular weight excluding hydrogens is 380 g/mol. The second kappa shape index (κ2) is 8.93. The minimum absolute atomic E-state index is 0.169. The minimum atomic E-state index is 0.169. The molecule has 0 unspecified atom stereocenters. The number of piperazine rings is 1. The smallest absolute Gasteiger partial charge is 0.233 e. The molecule has 0 radical (unpaired) electrons. The Balaban J connectivity index is 1.30. The molecule has 5 nitrogen and oxygen atoms in total. The van der Waals surface area contributed by atoms with Crippen molar-refractivity contribution in [2.45, 2.75) is 25.5 Å². The molecule has 150 valence electrons. The quantitative estimate of drug-likeness (QED) is 0.478. The van der Waals surface area contributed by atoms with Crippen molar-refractivity contribution in [1.29, 1.82) is 0 Å². The van der Waals surface area contributed by atoms with Crippen LogP contribution in [0.15, 0.2) is 53.7 Å². The zero-order chi connectivity index (χ0) is 20.2. The van der Waals surface area contributed by atoms with Gasteiger partial charge in [-0.05, 0) is 36.2 Å². The van der Waals surface area contributed by atoms with Crippen LogP contribution in [0.1, 0.15) is 17.0 Å². The van der Waals surface area contributed by atoms with Gasteiger partial charge < -0.3 is 4.90 Å². The second-order valence-corrected chi connectivity index (χ2v) is 8.46. The van der Waals surface area contributed by atoms with Crippen LogP contribution in [0, 0.1) is 13.8 Å². The van der Waals surface area contributed by atoms with Crippen molar-refractivity contribution in [2.24, 2.45) is 0 Å². The first-order chi connectivity index (χ1) is 14.1. The molecule has 1 fully saturated rings. The maximum atomic E-state index is 12.6. The third kappa shape index (κ3) is 4.95. The van der Waals surface area contributed by atoms with Gasteiger partial charge in [0.15, 0.2) is 5.16 Å². The Morgan fingerprint density at radius 1 is 0.966 bits per heavy atom. The molecule has 1 amide bonds. The van der Waals surface area contributed by atoms with Crippen molar-refractivity contribution in [3.05, 3.63) is 65.5 Å². The van der Waals surface area contributed by atoms with Crippen molar-refractivity contribution in [3.8, 4) is 0 Å². The first kappa shape index (κ1) is 19.9. The Kier molecular flexibility index (Phi) is 6.11. The molecule has 1 aliphatic rings. The van der Waals surface area contributed by atoms with Gasteiger partial charge in [-0.15, -0.1) is 0 Å². The highest BCUT2D eigenvalue weighted by Crippen LogP contribution is 2.21. The van der Waals surface area contributed by atoms with Crippen LogP contribution in [0.5, 0.6) is 0 Å². The highest BCUT2D eigenvalue weighted by molar-refractivity contribution is 7.99. The number of hydrogen-bond donors (Lipinski definition) is 0. The van der Waals surface area contributed by atoms with Crippen LogP contribution in [0.25, 0.3) is 10.8 Å². The fraction of sp³-hybridized carbons (Fsp3) is 0.348. The number of fused-ring (bicyclic) bond motifs is 1. The summed E-state index contributed by atoms with van der Waals surface area (Å²) < 4.78 is 0. The van der Waals surface area contributed by atoms with E-state index < -0.39 is 0 Å². The molecule has 2 heterocycles. The number of aryl methyl sites for hydroxylation is 2. The lowest BCUT2D eigenvalue weighted by atomic mass is 10.0. The van der Waals surface area contributed by atoms with Crippen molar-refractivity contribution < 1.29 is 4.79 Å². The molecule has 0 saturated carbocycles. The van der Waals surface area contributed by atoms with E-state index in [9.17, 15) is 4.79 Å². The summed E-state index contributed by atoms with van der Waals surface area (Å²) in [7, 11) is 0. The third-order valence-corrected chi connectivity index (χ3v) is 6.12. The first-order valence-electron chi connectivity index (χ1n) is 10.0. The van der Waals surface area contributed by atoms with Crippen LogP contribution >= 0.6 is 11.8 Å². The van der Waals surface area contributed by atoms with Crippen LogP contribution < -0.4 is 0 Å². The highest BCUT2D eigenvalue weighted by Gasteiger charge is 2.21. The lowest BCUT2D eigenvalue weighted by Crippen LogP contribution is -2.48. The summed E-state index contributed by atoms with van der Waals surface area (Å²) in [5.41, 5.74) is 3.23. The van der Waals surface area contributed by atoms with Crippen molar-refractivity contribution in [3.63, 3.8) is 0 Å². The molecule has 4 rings (SSSR count). The molecule has 1 saturated heterocycles. The van der Waals surface area contributed by atoms with E-state index >= 15 is 0 Å². The molecule has 1 aromatic heterocycles. The lowest BCUT2D eigenvalue weighted by molar-refractivity contribution is -0.130. The Morgan fingerprint density at radius 3 is 2.41 bits per heavy atom. The number of thioether (sulfide) groups is 1. The SMILES string of the molecule is Cc1cc(C)nc(SCC(=O)N2CCN(Cc3cccc4ccccc34)CC2)n1. The normalized spacial score (nSPS) is 15.0. The number of amides is 1. The van der Waals surface area contributed by atoms with Crippen molar-refractivity contribution in [2.75, 3.05) is 31.9 Å². The highest BCUT2D eigenvalue weighted by atomic mass is 32.2. The van der Waals surface area contributed by atoms with Gasteiger partial charge in [0.05, 0.1) is 5.75 Å². The van der Waals surface area contributed by atoms with Gasteiger partial charge in [0.2, 0.25) is 5.91 Å². The predicted molar refractivity (Wildman–Crippen MR) is 118 cm³/mol. The molecular formula is C23H26N4OS. The van der Waals surface area contributed by atoms with Crippen LogP contribution in [0.2, 0.25) is 0 Å². The Labute approximate surface area is 176 Å². The molecule has 0 N–H and O–H groups in total. The number of hydrogen-bond acceptors (Lipinski definition) is 5. The van der Waals surface area contributed by atoms with Crippen LogP contribution in [0.3, 0.4) is 0 Å². The topological polar surface area (TPSA) is 49.3 Å². The summed E-state index contributed by atoms with van der Waals surface area (Å²) in [5, 5.41) is 3.29. The van der Waals surface area contributed by atoms with E-state index in [4.69, 9.17) is 0 Å². The van der Waals surface area contributed by atoms with E-state index in [-0.39, 0.29) is 5.91 Å². The number of carbonyl (C=O) groups excluding carboxylic acids is 1. The molecule has 0 bridgehead atoms. The molecule has 0 atom stereocenters. The molecule has 29 heavy (non-hydrogen) atoms. The number of aromatic nitrogens is 2. The Bertz CT molecular complexity index is 989. The third-order valence-electron chi connectivity index (χ3n) is 5.29. The van der Waals surface area contributed by atoms with Crippen molar-refractivity contribution in [1.82, 2.24) is 19.8 Å². The predicted octanol–water partition coefficient (Wildman–Crippen LogP) is 3.68. The molecule has 0 spiro atoms. The fourth-order valence-corrected chi connectivity index (χ4v) is 4.65. The van der Waals surface area contributed by atoms with Gasteiger partial charge in [-0.2, -0.15) is 0 Å². The number of rotatable bonds is 5. The second-order valence-electron chi connectivity index (χ2n) is 7.52. The van der Waals surface area contributed by atoms with Gasteiger partial charge in [0, 0.05) is 44.1 Å². The monoisotopic (exact) mass is 406 g/mol. The summed E-state index contributed by atoms with van der Waals surface area (Å²) in [6, 6.07) is 17.0. The maximum Gasteiger partial charge on any atom is 0.233 e. The summed E-state index contributed by atoms with van der Waals surface area (Å²) >= 11 is 1.43. The summed E-state index contributed by atoms with van der Waals surface area (Å²) in [5.74, 6) is 0.564. The standard InChI is InChI=1S/C23H26N4OS/c1-17-14-18(2)25-23(24-17)29-16-22(28)27-12-10-26(11-13-27)15-20-8-5-7-19-6-3-4-9-21(19)20/h3-9,14H,10-13,15-16H2,1-2H3. The van der Waals surface area contributed by atoms with Gasteiger partial charge >= 0.3 is 0 Å². The van der Waals surface area contributed by atoms with E-state index in [1.807, 2.05) is 24.8 Å². The molecule has 0 aliphatic carbocycles. The summed E-state index contributed by atoms with van der Waals surface area (Å²) in [6.45, 7) is 8.19. The molecule has 3 aromatic rings. The van der Waals surface area contributed by atoms with E-state index in [2.05, 4.69) is 57.3 Å². The first-order valence-corrected chi connectivity index (χ1v) is 11.0. The average molecular weight is 407 g/mol. The van der Waals surface area contributed by atoms with Gasteiger partial charge in [0.1, 0.15) is 0 Å². The van der Waals surface area contributed by atoms with Crippen LogP contribution in [-0.4, -0.2) is 57.6 Å². The van der Waals surface area contributed by atoms with Gasteiger partial charge in [-0.25, -0.2) is 9.97 Å². The molecule has 6 heteroatoms. The zero-order valence-electron chi connectivity index (χ0n) is 17.0. The summed E-state index contributed by atoms with van der Waals surface area (Å²) in [4.78, 5) is 25.8. The lowest BCUT2D eigenvalue weighted by Gasteiger charge is -2.35. The van der Waals surface area contributed by atoms with Crippen LogP contribution in [0.4, 0.5) is 0 Å². The summed E-state index contributed by atoms with van der Waals surface area (Å²) in [6.07, 6.45) is 0. The van der Waals surface area contributed by atoms with Gasteiger partial charge in [0.25, 0.3) is 0 Å². The van der Waals surface area contributed by atoms with E-state index in [1.165, 1.54) is 28.1 Å². The maximum absolute atomic E-state index is 12.6. The van der Waals surface area contributed by atoms with Crippen LogP contribution in [-0.2, 0) is 11.3 Å². The zero-order valence-corrected chi connectivity index (χ0v) is 17.8. The average Bonchev–Trinajstić information content (AvgIpc) is 2.72. The minimum Gasteiger partial charge on any atom is -0.339 e. The van der Waals surface area contributed by atoms with Gasteiger partial charge in [-0.1, -0.05) is 54.2 Å².